The summed E-state index contributed by atoms with van der Waals surface area (Å²) in [6, 6.07) is 18.8. The summed E-state index contributed by atoms with van der Waals surface area (Å²) in [5.41, 5.74) is 2.38. The van der Waals surface area contributed by atoms with E-state index in [1.54, 1.807) is 24.5 Å². The second-order valence-electron chi connectivity index (χ2n) is 30.8. The molecule has 9 heterocycles. The highest BCUT2D eigenvalue weighted by Gasteiger charge is 2.48. The van der Waals surface area contributed by atoms with E-state index in [2.05, 4.69) is 152 Å². The quantitative estimate of drug-likeness (QED) is 0.0898. The van der Waals surface area contributed by atoms with Crippen LogP contribution in [0.1, 0.15) is 255 Å². The highest BCUT2D eigenvalue weighted by molar-refractivity contribution is 7.13. The lowest BCUT2D eigenvalue weighted by Gasteiger charge is -2.17. The van der Waals surface area contributed by atoms with Crippen LogP contribution in [0.25, 0.3) is 10.1 Å². The normalized spacial score (nSPS) is 14.9. The Morgan fingerprint density at radius 1 is 0.649 bits per heavy atom. The number of hydrogen-bond donors (Lipinski definition) is 0. The van der Waals surface area contributed by atoms with Crippen LogP contribution in [0.2, 0.25) is 10.2 Å². The predicted molar refractivity (Wildman–Crippen MR) is 390 cm³/mol. The molecule has 97 heavy (non-hydrogen) atoms. The topological polar surface area (TPSA) is 288 Å². The Labute approximate surface area is 595 Å². The molecule has 3 unspecified atom stereocenters. The van der Waals surface area contributed by atoms with E-state index in [-0.39, 0.29) is 50.4 Å². The minimum Gasteiger partial charge on any atom is -0.433 e. The molecule has 528 valence electrons. The molecule has 2 saturated heterocycles. The Morgan fingerprint density at radius 2 is 1.26 bits per heavy atom. The van der Waals surface area contributed by atoms with Gasteiger partial charge in [0, 0.05) is 58.4 Å². The van der Waals surface area contributed by atoms with Crippen LogP contribution >= 0.6 is 46.3 Å². The molecule has 0 radical (unpaired) electrons. The van der Waals surface area contributed by atoms with Crippen molar-refractivity contribution in [3.63, 3.8) is 0 Å². The number of nitriles is 4. The number of oxazole rings is 1. The van der Waals surface area contributed by atoms with Gasteiger partial charge in [0.1, 0.15) is 21.7 Å². The lowest BCUT2D eigenvalue weighted by atomic mass is 9.87. The van der Waals surface area contributed by atoms with Gasteiger partial charge in [-0.25, -0.2) is 15.0 Å². The third-order valence-corrected chi connectivity index (χ3v) is 16.8. The molecule has 20 nitrogen and oxygen atoms in total. The van der Waals surface area contributed by atoms with Gasteiger partial charge in [0.2, 0.25) is 5.89 Å². The number of halogens is 2. The maximum absolute atomic E-state index is 11.9. The number of pyridine rings is 2. The molecule has 0 saturated carbocycles. The molecule has 2 fully saturated rings. The molecule has 7 aromatic heterocycles. The number of aromatic nitrogens is 10. The molecular weight excluding hydrogens is 1300 g/mol. The van der Waals surface area contributed by atoms with Crippen LogP contribution in [0.5, 0.6) is 0 Å². The highest BCUT2D eigenvalue weighted by Crippen LogP contribution is 2.41. The molecule has 24 heteroatoms. The Kier molecular flexibility index (Phi) is 33.6. The van der Waals surface area contributed by atoms with Crippen molar-refractivity contribution in [1.29, 1.82) is 21.0 Å². The molecule has 2 aliphatic heterocycles. The minimum absolute atomic E-state index is 0.0231. The summed E-state index contributed by atoms with van der Waals surface area (Å²) in [5.74, 6) is 6.10. The van der Waals surface area contributed by atoms with Crippen molar-refractivity contribution in [2.75, 3.05) is 13.1 Å². The summed E-state index contributed by atoms with van der Waals surface area (Å²) in [6.07, 6.45) is 11.3. The van der Waals surface area contributed by atoms with Crippen LogP contribution in [0.4, 0.5) is 0 Å². The molecular formula is C73H105Cl2N15O5S2. The molecule has 3 atom stereocenters. The lowest BCUT2D eigenvalue weighted by molar-refractivity contribution is 0.256. The van der Waals surface area contributed by atoms with E-state index in [4.69, 9.17) is 57.8 Å². The molecule has 0 aliphatic carbocycles. The van der Waals surface area contributed by atoms with Crippen molar-refractivity contribution in [2.45, 2.75) is 245 Å². The van der Waals surface area contributed by atoms with Gasteiger partial charge in [-0.2, -0.15) is 30.4 Å². The summed E-state index contributed by atoms with van der Waals surface area (Å²) >= 11 is 14.5. The second kappa shape index (κ2) is 38.1. The largest absolute Gasteiger partial charge is 0.433 e. The van der Waals surface area contributed by atoms with Crippen LogP contribution in [0, 0.1) is 75.5 Å². The Bertz CT molecular complexity index is 3720. The molecule has 0 spiro atoms. The van der Waals surface area contributed by atoms with Crippen molar-refractivity contribution in [2.24, 2.45) is 23.2 Å². The number of ether oxygens (including phenoxy) is 1. The van der Waals surface area contributed by atoms with Gasteiger partial charge in [0.15, 0.2) is 30.2 Å². The highest BCUT2D eigenvalue weighted by atomic mass is 35.5. The fourth-order valence-electron chi connectivity index (χ4n) is 8.13. The van der Waals surface area contributed by atoms with Gasteiger partial charge in [-0.15, -0.1) is 5.10 Å². The zero-order chi connectivity index (χ0) is 74.2. The van der Waals surface area contributed by atoms with Crippen LogP contribution in [-0.2, 0) is 31.9 Å². The smallest absolute Gasteiger partial charge is 0.329 e. The van der Waals surface area contributed by atoms with E-state index in [0.717, 1.165) is 62.2 Å². The zero-order valence-corrected chi connectivity index (χ0v) is 65.5. The number of aryl methyl sites for hydroxylation is 1. The van der Waals surface area contributed by atoms with Crippen LogP contribution in [0.3, 0.4) is 0 Å². The van der Waals surface area contributed by atoms with Crippen molar-refractivity contribution in [3.05, 3.63) is 145 Å². The van der Waals surface area contributed by atoms with E-state index in [9.17, 15) is 4.79 Å². The molecule has 2 aliphatic rings. The third-order valence-electron chi connectivity index (χ3n) is 14.2. The fraction of sp³-hybridized carbons (Fsp3) is 0.589. The SMILES string of the molecule is CC(C)(C)c1cnc(C#N)o1.CC(C)(C)c1nnc(C#N)o1.CC(C)(C)c1noc(C#N)n1.CC(C)(C)n1sc2ccccc2c1=O.CC(C)C1CCN(C#N)C1.CC(C)C1OC1C(C)(C)C.CC(C)c1ccc(Cl)nc1.CC(C)c1cnccc1Cl.Cc1nc(C(C)(C)C)ns1. The molecule has 8 aromatic rings. The predicted octanol–water partition coefficient (Wildman–Crippen LogP) is 18.9. The van der Waals surface area contributed by atoms with E-state index in [1.807, 2.05) is 160 Å². The Hall–Kier alpha value is -7.44. The van der Waals surface area contributed by atoms with Crippen LogP contribution in [-0.4, -0.2) is 78.8 Å². The molecule has 0 N–H and O–H groups in total. The van der Waals surface area contributed by atoms with Gasteiger partial charge in [-0.3, -0.25) is 13.7 Å². The maximum atomic E-state index is 11.9. The monoisotopic (exact) mass is 1410 g/mol. The number of hydrogen-bond acceptors (Lipinski definition) is 21. The summed E-state index contributed by atoms with van der Waals surface area (Å²) < 4.78 is 27.4. The number of epoxide rings is 1. The van der Waals surface area contributed by atoms with E-state index < -0.39 is 0 Å². The van der Waals surface area contributed by atoms with Crippen molar-refractivity contribution >= 4 is 56.4 Å². The zero-order valence-electron chi connectivity index (χ0n) is 62.3. The van der Waals surface area contributed by atoms with Crippen molar-refractivity contribution < 1.29 is 18.1 Å². The number of rotatable bonds is 4. The summed E-state index contributed by atoms with van der Waals surface area (Å²) in [5, 5.41) is 47.8. The maximum Gasteiger partial charge on any atom is 0.329 e. The van der Waals surface area contributed by atoms with Gasteiger partial charge in [0.25, 0.3) is 5.56 Å². The summed E-state index contributed by atoms with van der Waals surface area (Å²) in [6.45, 7) is 58.2. The second-order valence-corrected chi connectivity index (χ2v) is 33.5. The Balaban J connectivity index is 0.000000372. The standard InChI is InChI=1S/C11H13NOS.C9H18O.2C8H10ClN.C8H10N2O.C8H14N2.2C7H9N3O.C7H12N2S/c1-11(2,3)12-10(13)8-6-4-5-7-9(8)14-12;1-6(2)7-8(10-7)9(3,4)5;1-6(2)7-5-10-4-3-8(7)9;1-6(2)7-3-4-8(9)10-5-7;1-8(2,3)6-5-10-7(4-9)11-6;1-7(2)8-3-4-10(5-8)6-9;1-7(2,3)6-10-9-5(4-8)11-6;1-7(2,3)6-9-5(4-8)11-10-6;1-5-8-6(9-10-5)7(2,3)4/h4-7H,1-3H3;6-8H,1-5H3;2*3-6H,1-2H3;5H,1-3H3;7-8H,3-5H2,1-2H3;2*1-3H3;1-4H3. The third kappa shape index (κ3) is 30.5. The van der Waals surface area contributed by atoms with Crippen molar-refractivity contribution in [3.8, 4) is 24.4 Å². The Morgan fingerprint density at radius 3 is 1.58 bits per heavy atom. The van der Waals surface area contributed by atoms with Gasteiger partial charge in [0.05, 0.1) is 34.0 Å². The van der Waals surface area contributed by atoms with E-state index in [1.165, 1.54) is 35.0 Å². The number of benzene rings is 1. The van der Waals surface area contributed by atoms with Crippen molar-refractivity contribution in [1.82, 2.24) is 53.5 Å². The first-order valence-electron chi connectivity index (χ1n) is 32.5. The van der Waals surface area contributed by atoms with Gasteiger partial charge in [-0.1, -0.05) is 222 Å². The van der Waals surface area contributed by atoms with Gasteiger partial charge < -0.3 is 23.0 Å². The summed E-state index contributed by atoms with van der Waals surface area (Å²) in [4.78, 5) is 33.7. The van der Waals surface area contributed by atoms with Gasteiger partial charge >= 0.3 is 17.7 Å². The molecule has 10 rings (SSSR count). The van der Waals surface area contributed by atoms with Crippen LogP contribution < -0.4 is 5.56 Å². The average Bonchev–Trinajstić information content (AvgIpc) is 1.65. The van der Waals surface area contributed by atoms with E-state index >= 15 is 0 Å². The van der Waals surface area contributed by atoms with Crippen LogP contribution in [0.15, 0.2) is 85.4 Å². The number of likely N-dealkylation sites (tertiary alicyclic amines) is 1. The number of nitrogens with zero attached hydrogens (tertiary/aromatic N) is 15. The molecule has 0 amide bonds. The first-order valence-corrected chi connectivity index (χ1v) is 34.8. The fourth-order valence-corrected chi connectivity index (χ4v) is 10.3. The number of fused-ring (bicyclic) bond motifs is 1. The molecule has 1 aromatic carbocycles. The van der Waals surface area contributed by atoms with Gasteiger partial charge in [-0.05, 0) is 116 Å². The average molecular weight is 1410 g/mol. The molecule has 0 bridgehead atoms. The first-order chi connectivity index (χ1) is 44.7. The lowest BCUT2D eigenvalue weighted by Crippen LogP contribution is -2.29. The minimum atomic E-state index is -0.178. The van der Waals surface area contributed by atoms with E-state index in [0.29, 0.717) is 52.2 Å². The summed E-state index contributed by atoms with van der Waals surface area (Å²) in [7, 11) is 0. The first kappa shape index (κ1) is 85.6.